The second-order valence-corrected chi connectivity index (χ2v) is 7.21. The van der Waals surface area contributed by atoms with E-state index in [1.54, 1.807) is 6.20 Å². The van der Waals surface area contributed by atoms with Crippen LogP contribution in [-0.4, -0.2) is 47.6 Å². The van der Waals surface area contributed by atoms with Crippen LogP contribution >= 0.6 is 0 Å². The number of morpholine rings is 1. The lowest BCUT2D eigenvalue weighted by Crippen LogP contribution is -2.63. The molecule has 0 spiro atoms. The fourth-order valence-electron chi connectivity index (χ4n) is 3.90. The van der Waals surface area contributed by atoms with E-state index in [9.17, 15) is 4.79 Å². The Morgan fingerprint density at radius 2 is 2.00 bits per heavy atom. The Kier molecular flexibility index (Phi) is 4.74. The minimum Gasteiger partial charge on any atom is -0.379 e. The number of nitrogens with zero attached hydrogens (tertiary/aromatic N) is 2. The number of hydrogen-bond donors (Lipinski definition) is 1. The van der Waals surface area contributed by atoms with Crippen LogP contribution in [0, 0.1) is 6.92 Å². The van der Waals surface area contributed by atoms with Crippen molar-refractivity contribution in [2.24, 2.45) is 0 Å². The van der Waals surface area contributed by atoms with Crippen LogP contribution < -0.4 is 5.32 Å². The van der Waals surface area contributed by atoms with Crippen LogP contribution in [0.5, 0.6) is 0 Å². The lowest BCUT2D eigenvalue weighted by Gasteiger charge is -2.50. The molecule has 1 saturated carbocycles. The molecule has 136 valence electrons. The molecule has 1 aliphatic heterocycles. The van der Waals surface area contributed by atoms with E-state index in [2.05, 4.69) is 33.4 Å². The Morgan fingerprint density at radius 3 is 2.65 bits per heavy atom. The largest absolute Gasteiger partial charge is 0.379 e. The molecule has 5 heteroatoms. The summed E-state index contributed by atoms with van der Waals surface area (Å²) in [5.74, 6) is 0.122. The van der Waals surface area contributed by atoms with Crippen LogP contribution in [0.4, 0.5) is 5.69 Å². The summed E-state index contributed by atoms with van der Waals surface area (Å²) >= 11 is 0. The molecule has 2 aromatic rings. The third kappa shape index (κ3) is 3.13. The van der Waals surface area contributed by atoms with Crippen molar-refractivity contribution in [3.8, 4) is 11.1 Å². The van der Waals surface area contributed by atoms with E-state index in [4.69, 9.17) is 4.74 Å². The van der Waals surface area contributed by atoms with Gasteiger partial charge in [-0.05, 0) is 49.4 Å². The van der Waals surface area contributed by atoms with Gasteiger partial charge in [0.1, 0.15) is 5.54 Å². The maximum Gasteiger partial charge on any atom is 0.244 e. The van der Waals surface area contributed by atoms with Crippen molar-refractivity contribution in [2.75, 3.05) is 31.6 Å². The Bertz CT molecular complexity index is 781. The first-order chi connectivity index (χ1) is 12.7. The maximum atomic E-state index is 13.2. The predicted molar refractivity (Wildman–Crippen MR) is 102 cm³/mol. The minimum atomic E-state index is -0.361. The van der Waals surface area contributed by atoms with Gasteiger partial charge in [-0.25, -0.2) is 0 Å². The van der Waals surface area contributed by atoms with Gasteiger partial charge in [0.05, 0.1) is 13.2 Å². The summed E-state index contributed by atoms with van der Waals surface area (Å²) < 4.78 is 5.47. The highest BCUT2D eigenvalue weighted by Crippen LogP contribution is 2.39. The van der Waals surface area contributed by atoms with Crippen LogP contribution in [0.1, 0.15) is 24.8 Å². The highest BCUT2D eigenvalue weighted by atomic mass is 16.5. The molecule has 0 atom stereocenters. The number of anilines is 1. The molecule has 1 aromatic heterocycles. The molecule has 1 N–H and O–H groups in total. The molecule has 1 saturated heterocycles. The number of aromatic nitrogens is 1. The van der Waals surface area contributed by atoms with Crippen molar-refractivity contribution in [3.63, 3.8) is 0 Å². The SMILES string of the molecule is Cc1ccc(-c2cccnc2)cc1NC(=O)C1(N2CCOCC2)CCC1. The van der Waals surface area contributed by atoms with Gasteiger partial charge in [0.15, 0.2) is 0 Å². The van der Waals surface area contributed by atoms with Crippen molar-refractivity contribution in [3.05, 3.63) is 48.3 Å². The van der Waals surface area contributed by atoms with Gasteiger partial charge in [-0.15, -0.1) is 0 Å². The Labute approximate surface area is 154 Å². The number of aryl methyl sites for hydroxylation is 1. The topological polar surface area (TPSA) is 54.5 Å². The van der Waals surface area contributed by atoms with Gasteiger partial charge in [-0.1, -0.05) is 18.2 Å². The lowest BCUT2D eigenvalue weighted by atomic mass is 9.74. The summed E-state index contributed by atoms with van der Waals surface area (Å²) in [4.78, 5) is 19.7. The highest BCUT2D eigenvalue weighted by molar-refractivity contribution is 5.99. The fourth-order valence-corrected chi connectivity index (χ4v) is 3.90. The summed E-state index contributed by atoms with van der Waals surface area (Å²) in [6.07, 6.45) is 6.58. The van der Waals surface area contributed by atoms with Crippen LogP contribution in [0.25, 0.3) is 11.1 Å². The van der Waals surface area contributed by atoms with E-state index in [0.717, 1.165) is 54.7 Å². The van der Waals surface area contributed by atoms with Crippen molar-refractivity contribution in [2.45, 2.75) is 31.7 Å². The van der Waals surface area contributed by atoms with Crippen molar-refractivity contribution in [1.29, 1.82) is 0 Å². The zero-order chi connectivity index (χ0) is 18.0. The second-order valence-electron chi connectivity index (χ2n) is 7.21. The molecule has 0 bridgehead atoms. The predicted octanol–water partition coefficient (Wildman–Crippen LogP) is 3.25. The number of ether oxygens (including phenoxy) is 1. The Balaban J connectivity index is 1.57. The summed E-state index contributed by atoms with van der Waals surface area (Å²) in [7, 11) is 0. The van der Waals surface area contributed by atoms with Crippen molar-refractivity contribution in [1.82, 2.24) is 9.88 Å². The zero-order valence-corrected chi connectivity index (χ0v) is 15.2. The van der Waals surface area contributed by atoms with Crippen LogP contribution in [0.3, 0.4) is 0 Å². The van der Waals surface area contributed by atoms with E-state index in [1.165, 1.54) is 0 Å². The normalized spacial score (nSPS) is 19.6. The average molecular weight is 351 g/mol. The maximum absolute atomic E-state index is 13.2. The number of benzene rings is 1. The van der Waals surface area contributed by atoms with Crippen LogP contribution in [0.2, 0.25) is 0 Å². The van der Waals surface area contributed by atoms with E-state index in [1.807, 2.05) is 25.3 Å². The fraction of sp³-hybridized carbons (Fsp3) is 0.429. The molecule has 1 aliphatic carbocycles. The van der Waals surface area contributed by atoms with Gasteiger partial charge in [-0.2, -0.15) is 0 Å². The van der Waals surface area contributed by atoms with Crippen molar-refractivity contribution >= 4 is 11.6 Å². The number of pyridine rings is 1. The molecule has 1 amide bonds. The van der Waals surface area contributed by atoms with E-state index in [0.29, 0.717) is 13.2 Å². The first-order valence-electron chi connectivity index (χ1n) is 9.34. The standard InChI is InChI=1S/C21H25N3O2/c1-16-5-6-17(18-4-2-9-22-15-18)14-19(16)23-20(25)21(7-3-8-21)24-10-12-26-13-11-24/h2,4-6,9,14-15H,3,7-8,10-13H2,1H3,(H,23,25). The molecular formula is C21H25N3O2. The molecule has 2 aliphatic rings. The molecule has 0 radical (unpaired) electrons. The lowest BCUT2D eigenvalue weighted by molar-refractivity contribution is -0.139. The molecule has 2 heterocycles. The van der Waals surface area contributed by atoms with Gasteiger partial charge in [-0.3, -0.25) is 14.7 Å². The first kappa shape index (κ1) is 17.2. The molecule has 2 fully saturated rings. The molecule has 5 nitrogen and oxygen atoms in total. The Morgan fingerprint density at radius 1 is 1.19 bits per heavy atom. The number of carbonyl (C=O) groups excluding carboxylic acids is 1. The number of hydrogen-bond acceptors (Lipinski definition) is 4. The third-order valence-corrected chi connectivity index (χ3v) is 5.70. The molecular weight excluding hydrogens is 326 g/mol. The molecule has 26 heavy (non-hydrogen) atoms. The number of rotatable bonds is 4. The average Bonchev–Trinajstić information content (AvgIpc) is 2.64. The van der Waals surface area contributed by atoms with Gasteiger partial charge >= 0.3 is 0 Å². The van der Waals surface area contributed by atoms with Crippen LogP contribution in [0.15, 0.2) is 42.7 Å². The minimum absolute atomic E-state index is 0.122. The smallest absolute Gasteiger partial charge is 0.244 e. The molecule has 1 aromatic carbocycles. The van der Waals surface area contributed by atoms with E-state index >= 15 is 0 Å². The highest BCUT2D eigenvalue weighted by Gasteiger charge is 2.49. The van der Waals surface area contributed by atoms with Gasteiger partial charge < -0.3 is 10.1 Å². The molecule has 4 rings (SSSR count). The number of amides is 1. The quantitative estimate of drug-likeness (QED) is 0.919. The van der Waals surface area contributed by atoms with E-state index < -0.39 is 0 Å². The molecule has 0 unspecified atom stereocenters. The summed E-state index contributed by atoms with van der Waals surface area (Å²) in [5, 5.41) is 3.22. The summed E-state index contributed by atoms with van der Waals surface area (Å²) in [5.41, 5.74) is 3.71. The zero-order valence-electron chi connectivity index (χ0n) is 15.2. The van der Waals surface area contributed by atoms with Crippen molar-refractivity contribution < 1.29 is 9.53 Å². The monoisotopic (exact) mass is 351 g/mol. The van der Waals surface area contributed by atoms with Crippen LogP contribution in [-0.2, 0) is 9.53 Å². The number of carbonyl (C=O) groups is 1. The third-order valence-electron chi connectivity index (χ3n) is 5.70. The van der Waals surface area contributed by atoms with Gasteiger partial charge in [0.25, 0.3) is 0 Å². The summed E-state index contributed by atoms with van der Waals surface area (Å²) in [6, 6.07) is 10.1. The van der Waals surface area contributed by atoms with Gasteiger partial charge in [0, 0.05) is 36.7 Å². The van der Waals surface area contributed by atoms with Gasteiger partial charge in [0.2, 0.25) is 5.91 Å². The summed E-state index contributed by atoms with van der Waals surface area (Å²) in [6.45, 7) is 5.13. The second kappa shape index (κ2) is 7.17. The first-order valence-corrected chi connectivity index (χ1v) is 9.34. The Hall–Kier alpha value is -2.24. The number of nitrogens with one attached hydrogen (secondary N) is 1. The van der Waals surface area contributed by atoms with E-state index in [-0.39, 0.29) is 11.4 Å².